The fourth-order valence-electron chi connectivity index (χ4n) is 2.54. The number of carboxylic acid groups (broad SMARTS) is 1. The van der Waals surface area contributed by atoms with Crippen LogP contribution in [0.1, 0.15) is 31.4 Å². The third kappa shape index (κ3) is 6.40. The van der Waals surface area contributed by atoms with Gasteiger partial charge in [0.05, 0.1) is 0 Å². The summed E-state index contributed by atoms with van der Waals surface area (Å²) in [6, 6.07) is 14.7. The number of ether oxygens (including phenoxy) is 1. The second-order valence-corrected chi connectivity index (χ2v) is 6.86. The average Bonchev–Trinajstić information content (AvgIpc) is 2.58. The summed E-state index contributed by atoms with van der Waals surface area (Å²) in [6.07, 6.45) is 0.566. The minimum atomic E-state index is -0.845. The zero-order valence-electron chi connectivity index (χ0n) is 14.5. The molecule has 1 unspecified atom stereocenters. The number of rotatable bonds is 9. The van der Waals surface area contributed by atoms with Gasteiger partial charge in [0.15, 0.2) is 0 Å². The Labute approximate surface area is 153 Å². The standard InChI is InChI=1S/C20H24ClNO3/c1-14(2)10-18(20(23)24)22-12-16-11-17(21)8-9-19(16)25-13-15-6-4-3-5-7-15/h3-9,11,14,18,22H,10,12-13H2,1-2H3,(H,23,24). The maximum Gasteiger partial charge on any atom is 0.320 e. The van der Waals surface area contributed by atoms with Crippen LogP contribution in [0.5, 0.6) is 5.75 Å². The monoisotopic (exact) mass is 361 g/mol. The molecule has 0 aliphatic carbocycles. The lowest BCUT2D eigenvalue weighted by molar-refractivity contribution is -0.140. The number of halogens is 1. The van der Waals surface area contributed by atoms with E-state index >= 15 is 0 Å². The highest BCUT2D eigenvalue weighted by Crippen LogP contribution is 2.24. The van der Waals surface area contributed by atoms with Crippen molar-refractivity contribution >= 4 is 17.6 Å². The van der Waals surface area contributed by atoms with E-state index < -0.39 is 12.0 Å². The van der Waals surface area contributed by atoms with E-state index in [0.717, 1.165) is 11.1 Å². The number of nitrogens with one attached hydrogen (secondary N) is 1. The van der Waals surface area contributed by atoms with Gasteiger partial charge in [0, 0.05) is 17.1 Å². The molecule has 5 heteroatoms. The fraction of sp³-hybridized carbons (Fsp3) is 0.350. The molecule has 0 bridgehead atoms. The number of aliphatic carboxylic acids is 1. The van der Waals surface area contributed by atoms with E-state index in [1.165, 1.54) is 0 Å². The van der Waals surface area contributed by atoms with Gasteiger partial charge >= 0.3 is 5.97 Å². The van der Waals surface area contributed by atoms with Gasteiger partial charge in [0.2, 0.25) is 0 Å². The molecule has 2 aromatic rings. The topological polar surface area (TPSA) is 58.6 Å². The van der Waals surface area contributed by atoms with Gasteiger partial charge < -0.3 is 15.2 Å². The van der Waals surface area contributed by atoms with Gasteiger partial charge in [0.1, 0.15) is 18.4 Å². The smallest absolute Gasteiger partial charge is 0.320 e. The summed E-state index contributed by atoms with van der Waals surface area (Å²) in [7, 11) is 0. The summed E-state index contributed by atoms with van der Waals surface area (Å²) in [5.41, 5.74) is 1.91. The van der Waals surface area contributed by atoms with Crippen molar-refractivity contribution in [3.05, 3.63) is 64.7 Å². The van der Waals surface area contributed by atoms with Crippen LogP contribution in [0.3, 0.4) is 0 Å². The third-order valence-corrected chi connectivity index (χ3v) is 4.04. The first-order valence-corrected chi connectivity index (χ1v) is 8.75. The highest BCUT2D eigenvalue weighted by molar-refractivity contribution is 6.30. The van der Waals surface area contributed by atoms with E-state index in [0.29, 0.717) is 36.3 Å². The molecule has 0 amide bonds. The second kappa shape index (κ2) is 9.44. The Bertz CT molecular complexity index is 689. The van der Waals surface area contributed by atoms with Gasteiger partial charge in [-0.1, -0.05) is 55.8 Å². The normalized spacial score (nSPS) is 12.2. The van der Waals surface area contributed by atoms with E-state index in [4.69, 9.17) is 16.3 Å². The first-order chi connectivity index (χ1) is 12.0. The molecule has 0 heterocycles. The first-order valence-electron chi connectivity index (χ1n) is 8.37. The molecule has 2 N–H and O–H groups in total. The summed E-state index contributed by atoms with van der Waals surface area (Å²) in [4.78, 5) is 11.4. The molecule has 0 saturated heterocycles. The Balaban J connectivity index is 2.05. The molecule has 0 radical (unpaired) electrons. The SMILES string of the molecule is CC(C)CC(NCc1cc(Cl)ccc1OCc1ccccc1)C(=O)O. The van der Waals surface area contributed by atoms with Crippen molar-refractivity contribution in [1.82, 2.24) is 5.32 Å². The quantitative estimate of drug-likeness (QED) is 0.690. The number of carbonyl (C=O) groups is 1. The van der Waals surface area contributed by atoms with Crippen molar-refractivity contribution in [2.45, 2.75) is 39.5 Å². The molecule has 0 aliphatic rings. The van der Waals surface area contributed by atoms with E-state index in [2.05, 4.69) is 5.32 Å². The van der Waals surface area contributed by atoms with Crippen LogP contribution in [-0.2, 0) is 17.9 Å². The second-order valence-electron chi connectivity index (χ2n) is 6.43. The Morgan fingerprint density at radius 1 is 1.20 bits per heavy atom. The van der Waals surface area contributed by atoms with Crippen molar-refractivity contribution in [3.8, 4) is 5.75 Å². The Morgan fingerprint density at radius 3 is 2.56 bits per heavy atom. The maximum absolute atomic E-state index is 11.4. The lowest BCUT2D eigenvalue weighted by Crippen LogP contribution is -2.37. The zero-order valence-corrected chi connectivity index (χ0v) is 15.3. The third-order valence-electron chi connectivity index (χ3n) is 3.80. The lowest BCUT2D eigenvalue weighted by Gasteiger charge is -2.18. The number of hydrogen-bond acceptors (Lipinski definition) is 3. The average molecular weight is 362 g/mol. The minimum absolute atomic E-state index is 0.293. The predicted molar refractivity (Wildman–Crippen MR) is 99.9 cm³/mol. The van der Waals surface area contributed by atoms with Crippen molar-refractivity contribution in [2.24, 2.45) is 5.92 Å². The van der Waals surface area contributed by atoms with E-state index in [-0.39, 0.29) is 0 Å². The van der Waals surface area contributed by atoms with Gasteiger partial charge in [0.25, 0.3) is 0 Å². The van der Waals surface area contributed by atoms with Crippen molar-refractivity contribution in [3.63, 3.8) is 0 Å². The predicted octanol–water partition coefficient (Wildman–Crippen LogP) is 4.51. The Kier molecular flexibility index (Phi) is 7.29. The molecular weight excluding hydrogens is 338 g/mol. The lowest BCUT2D eigenvalue weighted by atomic mass is 10.0. The fourth-order valence-corrected chi connectivity index (χ4v) is 2.73. The molecule has 0 aromatic heterocycles. The van der Waals surface area contributed by atoms with E-state index in [9.17, 15) is 9.90 Å². The summed E-state index contributed by atoms with van der Waals surface area (Å²) >= 11 is 6.10. The minimum Gasteiger partial charge on any atom is -0.489 e. The number of benzene rings is 2. The van der Waals surface area contributed by atoms with Crippen LogP contribution in [0.4, 0.5) is 0 Å². The van der Waals surface area contributed by atoms with Gasteiger partial charge in [-0.05, 0) is 36.1 Å². The van der Waals surface area contributed by atoms with Crippen LogP contribution in [0, 0.1) is 5.92 Å². The first kappa shape index (κ1) is 19.3. The van der Waals surface area contributed by atoms with Crippen molar-refractivity contribution < 1.29 is 14.6 Å². The van der Waals surface area contributed by atoms with Crippen molar-refractivity contribution in [1.29, 1.82) is 0 Å². The van der Waals surface area contributed by atoms with Crippen LogP contribution in [0.15, 0.2) is 48.5 Å². The van der Waals surface area contributed by atoms with E-state index in [1.807, 2.05) is 56.3 Å². The molecule has 25 heavy (non-hydrogen) atoms. The summed E-state index contributed by atoms with van der Waals surface area (Å²) in [6.45, 7) is 4.84. The van der Waals surface area contributed by atoms with Crippen LogP contribution in [-0.4, -0.2) is 17.1 Å². The van der Waals surface area contributed by atoms with Crippen LogP contribution in [0.2, 0.25) is 5.02 Å². The molecule has 4 nitrogen and oxygen atoms in total. The Hall–Kier alpha value is -2.04. The van der Waals surface area contributed by atoms with Crippen molar-refractivity contribution in [2.75, 3.05) is 0 Å². The molecule has 0 aliphatic heterocycles. The van der Waals surface area contributed by atoms with Gasteiger partial charge in [-0.15, -0.1) is 0 Å². The molecule has 0 saturated carbocycles. The molecule has 0 spiro atoms. The van der Waals surface area contributed by atoms with Crippen LogP contribution in [0.25, 0.3) is 0 Å². The Morgan fingerprint density at radius 2 is 1.92 bits per heavy atom. The van der Waals surface area contributed by atoms with Gasteiger partial charge in [-0.2, -0.15) is 0 Å². The molecule has 2 aromatic carbocycles. The summed E-state index contributed by atoms with van der Waals surface area (Å²) in [5, 5.41) is 13.0. The number of carboxylic acids is 1. The molecule has 2 rings (SSSR count). The van der Waals surface area contributed by atoms with Gasteiger partial charge in [-0.3, -0.25) is 4.79 Å². The highest BCUT2D eigenvalue weighted by atomic mass is 35.5. The van der Waals surface area contributed by atoms with Crippen LogP contribution < -0.4 is 10.1 Å². The van der Waals surface area contributed by atoms with E-state index in [1.54, 1.807) is 6.07 Å². The summed E-state index contributed by atoms with van der Waals surface area (Å²) < 4.78 is 5.91. The molecule has 134 valence electrons. The number of hydrogen-bond donors (Lipinski definition) is 2. The molecule has 0 fully saturated rings. The zero-order chi connectivity index (χ0) is 18.2. The van der Waals surface area contributed by atoms with Gasteiger partial charge in [-0.25, -0.2) is 0 Å². The molecule has 1 atom stereocenters. The highest BCUT2D eigenvalue weighted by Gasteiger charge is 2.19. The maximum atomic E-state index is 11.4. The largest absolute Gasteiger partial charge is 0.489 e. The molecular formula is C20H24ClNO3. The summed E-state index contributed by atoms with van der Waals surface area (Å²) in [5.74, 6) is 0.152. The van der Waals surface area contributed by atoms with Crippen LogP contribution >= 0.6 is 11.6 Å².